The highest BCUT2D eigenvalue weighted by atomic mass is 16.2. The Kier molecular flexibility index (Phi) is 5.16. The van der Waals surface area contributed by atoms with Crippen molar-refractivity contribution in [1.29, 1.82) is 0 Å². The fourth-order valence-corrected chi connectivity index (χ4v) is 3.07. The molecule has 1 aromatic rings. The summed E-state index contributed by atoms with van der Waals surface area (Å²) in [5.74, 6) is 0.855. The first kappa shape index (κ1) is 15.8. The van der Waals surface area contributed by atoms with E-state index in [4.69, 9.17) is 0 Å². The van der Waals surface area contributed by atoms with E-state index in [1.165, 1.54) is 32.1 Å². The lowest BCUT2D eigenvalue weighted by atomic mass is 9.89. The third-order valence-electron chi connectivity index (χ3n) is 4.61. The van der Waals surface area contributed by atoms with Gasteiger partial charge in [-0.3, -0.25) is 4.79 Å². The highest BCUT2D eigenvalue weighted by Gasteiger charge is 2.29. The number of nitrogens with one attached hydrogen (secondary N) is 3. The van der Waals surface area contributed by atoms with Gasteiger partial charge in [-0.25, -0.2) is 4.79 Å². The van der Waals surface area contributed by atoms with Gasteiger partial charge in [-0.1, -0.05) is 25.3 Å². The van der Waals surface area contributed by atoms with Gasteiger partial charge in [0, 0.05) is 23.8 Å². The topological polar surface area (TPSA) is 70.2 Å². The van der Waals surface area contributed by atoms with E-state index in [9.17, 15) is 9.59 Å². The second kappa shape index (κ2) is 7.49. The van der Waals surface area contributed by atoms with Crippen molar-refractivity contribution in [2.75, 3.05) is 17.2 Å². The van der Waals surface area contributed by atoms with E-state index in [1.807, 2.05) is 18.2 Å². The highest BCUT2D eigenvalue weighted by Crippen LogP contribution is 2.30. The summed E-state index contributed by atoms with van der Waals surface area (Å²) in [6.45, 7) is 0.740. The zero-order chi connectivity index (χ0) is 16.1. The third-order valence-corrected chi connectivity index (χ3v) is 4.61. The van der Waals surface area contributed by atoms with Crippen molar-refractivity contribution in [2.24, 2.45) is 11.8 Å². The Morgan fingerprint density at radius 2 is 1.65 bits per heavy atom. The molecule has 3 N–H and O–H groups in total. The average molecular weight is 315 g/mol. The van der Waals surface area contributed by atoms with Crippen LogP contribution in [0, 0.1) is 11.8 Å². The van der Waals surface area contributed by atoms with Crippen molar-refractivity contribution in [3.8, 4) is 0 Å². The van der Waals surface area contributed by atoms with Crippen LogP contribution in [0.1, 0.15) is 44.9 Å². The first-order chi connectivity index (χ1) is 11.2. The molecule has 124 valence electrons. The second-order valence-corrected chi connectivity index (χ2v) is 6.68. The summed E-state index contributed by atoms with van der Waals surface area (Å²) in [6.07, 6.45) is 8.25. The molecule has 3 amide bonds. The van der Waals surface area contributed by atoms with Gasteiger partial charge in [-0.2, -0.15) is 0 Å². The number of rotatable bonds is 5. The predicted molar refractivity (Wildman–Crippen MR) is 91.4 cm³/mol. The van der Waals surface area contributed by atoms with Crippen LogP contribution in [0.4, 0.5) is 16.2 Å². The Morgan fingerprint density at radius 3 is 2.35 bits per heavy atom. The number of hydrogen-bond donors (Lipinski definition) is 3. The number of carbonyl (C=O) groups excluding carboxylic acids is 2. The molecule has 0 saturated heterocycles. The molecule has 0 bridgehead atoms. The van der Waals surface area contributed by atoms with Gasteiger partial charge in [-0.05, 0) is 49.8 Å². The van der Waals surface area contributed by atoms with E-state index in [0.29, 0.717) is 11.6 Å². The van der Waals surface area contributed by atoms with Crippen LogP contribution in [-0.2, 0) is 4.79 Å². The van der Waals surface area contributed by atoms with Crippen molar-refractivity contribution >= 4 is 23.3 Å². The number of urea groups is 1. The van der Waals surface area contributed by atoms with Crippen LogP contribution in [0.2, 0.25) is 0 Å². The lowest BCUT2D eigenvalue weighted by Gasteiger charge is -2.21. The fraction of sp³-hybridized carbons (Fsp3) is 0.556. The molecule has 0 atom stereocenters. The minimum Gasteiger partial charge on any atom is -0.338 e. The second-order valence-electron chi connectivity index (χ2n) is 6.68. The van der Waals surface area contributed by atoms with Crippen molar-refractivity contribution in [1.82, 2.24) is 5.32 Å². The Morgan fingerprint density at radius 1 is 0.957 bits per heavy atom. The molecule has 2 aliphatic rings. The van der Waals surface area contributed by atoms with E-state index >= 15 is 0 Å². The first-order valence-electron chi connectivity index (χ1n) is 8.66. The SMILES string of the molecule is O=C(NCC1CCCCC1)Nc1cccc(NC(=O)C2CC2)c1. The molecule has 1 aromatic carbocycles. The predicted octanol–water partition coefficient (Wildman–Crippen LogP) is 3.74. The van der Waals surface area contributed by atoms with Gasteiger partial charge in [-0.15, -0.1) is 0 Å². The molecule has 0 aliphatic heterocycles. The number of carbonyl (C=O) groups is 2. The zero-order valence-electron chi connectivity index (χ0n) is 13.4. The standard InChI is InChI=1S/C18H25N3O2/c22-17(14-9-10-14)20-15-7-4-8-16(11-15)21-18(23)19-12-13-5-2-1-3-6-13/h4,7-8,11,13-14H,1-3,5-6,9-10,12H2,(H,20,22)(H2,19,21,23). The summed E-state index contributed by atoms with van der Waals surface area (Å²) in [5, 5.41) is 8.68. The van der Waals surface area contributed by atoms with Crippen molar-refractivity contribution < 1.29 is 9.59 Å². The molecule has 2 fully saturated rings. The first-order valence-corrected chi connectivity index (χ1v) is 8.66. The molecule has 2 aliphatic carbocycles. The van der Waals surface area contributed by atoms with Gasteiger partial charge >= 0.3 is 6.03 Å². The Balaban J connectivity index is 1.46. The molecular formula is C18H25N3O2. The lowest BCUT2D eigenvalue weighted by Crippen LogP contribution is -2.33. The maximum Gasteiger partial charge on any atom is 0.319 e. The summed E-state index contributed by atoms with van der Waals surface area (Å²) in [6, 6.07) is 7.11. The average Bonchev–Trinajstić information content (AvgIpc) is 3.39. The lowest BCUT2D eigenvalue weighted by molar-refractivity contribution is -0.117. The summed E-state index contributed by atoms with van der Waals surface area (Å²) < 4.78 is 0. The van der Waals surface area contributed by atoms with Gasteiger partial charge < -0.3 is 16.0 Å². The number of hydrogen-bond acceptors (Lipinski definition) is 2. The Labute approximate surface area is 137 Å². The Hall–Kier alpha value is -2.04. The minimum absolute atomic E-state index is 0.0731. The van der Waals surface area contributed by atoms with Crippen LogP contribution in [0.5, 0.6) is 0 Å². The maximum absolute atomic E-state index is 12.0. The fourth-order valence-electron chi connectivity index (χ4n) is 3.07. The molecule has 0 aromatic heterocycles. The van der Waals surface area contributed by atoms with Crippen LogP contribution in [0.15, 0.2) is 24.3 Å². The molecular weight excluding hydrogens is 290 g/mol. The van der Waals surface area contributed by atoms with E-state index in [2.05, 4.69) is 16.0 Å². The van der Waals surface area contributed by atoms with Crippen LogP contribution in [0.25, 0.3) is 0 Å². The monoisotopic (exact) mass is 315 g/mol. The van der Waals surface area contributed by atoms with Gasteiger partial charge in [0.05, 0.1) is 0 Å². The summed E-state index contributed by atoms with van der Waals surface area (Å²) in [7, 11) is 0. The van der Waals surface area contributed by atoms with Gasteiger partial charge in [0.2, 0.25) is 5.91 Å². The smallest absolute Gasteiger partial charge is 0.319 e. The maximum atomic E-state index is 12.0. The van der Waals surface area contributed by atoms with Crippen LogP contribution in [-0.4, -0.2) is 18.5 Å². The van der Waals surface area contributed by atoms with Crippen molar-refractivity contribution in [2.45, 2.75) is 44.9 Å². The molecule has 0 radical (unpaired) electrons. The summed E-state index contributed by atoms with van der Waals surface area (Å²) in [4.78, 5) is 23.8. The number of amides is 3. The van der Waals surface area contributed by atoms with Crippen LogP contribution in [0.3, 0.4) is 0 Å². The molecule has 5 nitrogen and oxygen atoms in total. The van der Waals surface area contributed by atoms with Crippen molar-refractivity contribution in [3.63, 3.8) is 0 Å². The number of benzene rings is 1. The van der Waals surface area contributed by atoms with E-state index < -0.39 is 0 Å². The molecule has 23 heavy (non-hydrogen) atoms. The number of anilines is 2. The molecule has 3 rings (SSSR count). The summed E-state index contributed by atoms with van der Waals surface area (Å²) >= 11 is 0. The Bertz CT molecular complexity index is 563. The van der Waals surface area contributed by atoms with Gasteiger partial charge in [0.1, 0.15) is 0 Å². The zero-order valence-corrected chi connectivity index (χ0v) is 13.4. The van der Waals surface area contributed by atoms with E-state index in [1.54, 1.807) is 6.07 Å². The van der Waals surface area contributed by atoms with Crippen LogP contribution >= 0.6 is 0 Å². The van der Waals surface area contributed by atoms with E-state index in [0.717, 1.165) is 25.1 Å². The molecule has 0 spiro atoms. The van der Waals surface area contributed by atoms with Gasteiger partial charge in [0.15, 0.2) is 0 Å². The highest BCUT2D eigenvalue weighted by molar-refractivity contribution is 5.95. The molecule has 5 heteroatoms. The van der Waals surface area contributed by atoms with Crippen molar-refractivity contribution in [3.05, 3.63) is 24.3 Å². The minimum atomic E-state index is -0.179. The molecule has 0 unspecified atom stereocenters. The quantitative estimate of drug-likeness (QED) is 0.774. The normalized spacial score (nSPS) is 18.3. The largest absolute Gasteiger partial charge is 0.338 e. The third kappa shape index (κ3) is 4.98. The summed E-state index contributed by atoms with van der Waals surface area (Å²) in [5.41, 5.74) is 1.42. The van der Waals surface area contributed by atoms with E-state index in [-0.39, 0.29) is 17.9 Å². The molecule has 2 saturated carbocycles. The molecule has 0 heterocycles. The van der Waals surface area contributed by atoms with Gasteiger partial charge in [0.25, 0.3) is 0 Å². The van der Waals surface area contributed by atoms with Crippen LogP contribution < -0.4 is 16.0 Å².